The van der Waals surface area contributed by atoms with Gasteiger partial charge >= 0.3 is 11.9 Å². The summed E-state index contributed by atoms with van der Waals surface area (Å²) < 4.78 is 0.133. The van der Waals surface area contributed by atoms with E-state index in [-0.39, 0.29) is 19.3 Å². The lowest BCUT2D eigenvalue weighted by atomic mass is 9.76. The highest BCUT2D eigenvalue weighted by Gasteiger charge is 2.39. The molecular formula is C43H45N2O4PS5. The molecule has 4 aromatic carbocycles. The lowest BCUT2D eigenvalue weighted by Crippen LogP contribution is -2.29. The SMILES string of the molecule is C=Cc1ccccc1.CC(C#N)(CCC(=O)O)CC(C)(SC(=S)c1ccccc1)c1ccccc1.CC(C#N)(CCC(=O)O)SC(=S)c1ccccc1.P=S. The highest BCUT2D eigenvalue weighted by atomic mass is 32.4. The molecule has 0 fully saturated rings. The van der Waals surface area contributed by atoms with Crippen LogP contribution in [0.2, 0.25) is 0 Å². The summed E-state index contributed by atoms with van der Waals surface area (Å²) in [6, 6.07) is 43.7. The van der Waals surface area contributed by atoms with E-state index in [2.05, 4.69) is 45.5 Å². The summed E-state index contributed by atoms with van der Waals surface area (Å²) in [5, 5.41) is 36.7. The van der Waals surface area contributed by atoms with Gasteiger partial charge in [-0.3, -0.25) is 9.59 Å². The summed E-state index contributed by atoms with van der Waals surface area (Å²) in [7, 11) is 2.56. The summed E-state index contributed by atoms with van der Waals surface area (Å²) in [6.07, 6.45) is 2.86. The van der Waals surface area contributed by atoms with Crippen LogP contribution in [0.15, 0.2) is 128 Å². The molecule has 0 spiro atoms. The number of benzene rings is 4. The van der Waals surface area contributed by atoms with Crippen LogP contribution in [-0.4, -0.2) is 35.3 Å². The fourth-order valence-electron chi connectivity index (χ4n) is 5.04. The topological polar surface area (TPSA) is 122 Å². The molecule has 2 N–H and O–H groups in total. The van der Waals surface area contributed by atoms with Crippen molar-refractivity contribution in [1.82, 2.24) is 0 Å². The molecule has 0 aliphatic heterocycles. The summed E-state index contributed by atoms with van der Waals surface area (Å²) in [6.45, 7) is 9.27. The van der Waals surface area contributed by atoms with Crippen LogP contribution in [0.4, 0.5) is 0 Å². The fourth-order valence-corrected chi connectivity index (χ4v) is 8.64. The first-order valence-electron chi connectivity index (χ1n) is 16.9. The van der Waals surface area contributed by atoms with Crippen LogP contribution >= 0.6 is 56.0 Å². The van der Waals surface area contributed by atoms with E-state index in [4.69, 9.17) is 34.6 Å². The minimum absolute atomic E-state index is 0.0251. The van der Waals surface area contributed by atoms with Crippen molar-refractivity contribution in [2.45, 2.75) is 62.4 Å². The first-order chi connectivity index (χ1) is 26.2. The molecule has 0 aliphatic rings. The molecule has 0 heterocycles. The molecule has 0 saturated heterocycles. The number of nitrogens with zero attached hydrogens (tertiary/aromatic N) is 2. The highest BCUT2D eigenvalue weighted by molar-refractivity contribution is 8.24. The van der Waals surface area contributed by atoms with Crippen LogP contribution in [0.5, 0.6) is 0 Å². The van der Waals surface area contributed by atoms with Gasteiger partial charge in [-0.15, -0.1) is 11.8 Å². The predicted octanol–water partition coefficient (Wildman–Crippen LogP) is 12.0. The third-order valence-corrected chi connectivity index (χ3v) is 11.4. The maximum absolute atomic E-state index is 11.0. The lowest BCUT2D eigenvalue weighted by molar-refractivity contribution is -0.138. The monoisotopic (exact) mass is 844 g/mol. The Morgan fingerprint density at radius 2 is 1.09 bits per heavy atom. The Bertz CT molecular complexity index is 1910. The van der Waals surface area contributed by atoms with Crippen molar-refractivity contribution in [2.75, 3.05) is 0 Å². The van der Waals surface area contributed by atoms with Gasteiger partial charge in [-0.05, 0) is 70.3 Å². The van der Waals surface area contributed by atoms with Crippen molar-refractivity contribution in [3.8, 4) is 12.1 Å². The standard InChI is InChI=1S/C22H23NO2S2.C13H13NO2S2.C8H8.HPS/c1-21(16-23,14-13-19(24)25)15-22(2,18-11-7-4-8-12-18)27-20(26)17-9-5-3-6-10-17;1-13(9-14,8-7-11(15)16)18-12(17)10-5-3-2-4-6-10;1-2-8-6-4-3-5-7-8;1-2/h3-12H,13-15H2,1-2H3,(H,24,25);2-6H,7-8H2,1H3,(H,15,16);2-7H,1H2;1H. The van der Waals surface area contributed by atoms with Crippen molar-refractivity contribution in [3.63, 3.8) is 0 Å². The zero-order valence-corrected chi connectivity index (χ0v) is 36.1. The second-order valence-corrected chi connectivity index (χ2v) is 17.1. The minimum Gasteiger partial charge on any atom is -0.481 e. The second kappa shape index (κ2) is 25.9. The molecule has 55 heavy (non-hydrogen) atoms. The van der Waals surface area contributed by atoms with Crippen molar-refractivity contribution < 1.29 is 19.8 Å². The molecule has 0 amide bonds. The van der Waals surface area contributed by atoms with Gasteiger partial charge < -0.3 is 10.2 Å². The van der Waals surface area contributed by atoms with E-state index in [0.717, 1.165) is 20.9 Å². The van der Waals surface area contributed by atoms with Crippen molar-refractivity contribution in [2.24, 2.45) is 5.41 Å². The Kier molecular flexibility index (Phi) is 23.1. The number of aliphatic carboxylic acids is 2. The average Bonchev–Trinajstić information content (AvgIpc) is 3.21. The first kappa shape index (κ1) is 49.0. The van der Waals surface area contributed by atoms with E-state index in [1.807, 2.05) is 134 Å². The second-order valence-electron chi connectivity index (χ2n) is 12.7. The Balaban J connectivity index is 0.000000461. The fraction of sp³-hybridized carbons (Fsp3) is 0.256. The van der Waals surface area contributed by atoms with E-state index >= 15 is 0 Å². The zero-order valence-electron chi connectivity index (χ0n) is 31.0. The van der Waals surface area contributed by atoms with E-state index in [1.54, 1.807) is 18.7 Å². The first-order valence-corrected chi connectivity index (χ1v) is 21.0. The third-order valence-electron chi connectivity index (χ3n) is 8.02. The lowest BCUT2D eigenvalue weighted by Gasteiger charge is -2.36. The summed E-state index contributed by atoms with van der Waals surface area (Å²) in [5.41, 5.74) is 3.35. The molecule has 3 unspecified atom stereocenters. The molecule has 12 heteroatoms. The predicted molar refractivity (Wildman–Crippen MR) is 244 cm³/mol. The summed E-state index contributed by atoms with van der Waals surface area (Å²) >= 11 is 17.7. The Morgan fingerprint density at radius 3 is 1.47 bits per heavy atom. The third kappa shape index (κ3) is 18.9. The highest BCUT2D eigenvalue weighted by Crippen LogP contribution is 2.48. The van der Waals surface area contributed by atoms with Gasteiger partial charge in [0.1, 0.15) is 4.75 Å². The summed E-state index contributed by atoms with van der Waals surface area (Å²) in [4.78, 5) is 21.6. The summed E-state index contributed by atoms with van der Waals surface area (Å²) in [5.74, 6) is -1.78. The molecule has 0 aromatic heterocycles. The van der Waals surface area contributed by atoms with E-state index in [1.165, 1.54) is 17.3 Å². The Hall–Kier alpha value is -4.06. The van der Waals surface area contributed by atoms with Gasteiger partial charge in [0.05, 0.1) is 25.9 Å². The van der Waals surface area contributed by atoms with Crippen molar-refractivity contribution in [3.05, 3.63) is 150 Å². The van der Waals surface area contributed by atoms with Crippen LogP contribution in [0.25, 0.3) is 6.08 Å². The van der Waals surface area contributed by atoms with E-state index in [9.17, 15) is 20.1 Å². The minimum atomic E-state index is -0.900. The maximum atomic E-state index is 11.0. The maximum Gasteiger partial charge on any atom is 0.303 e. The van der Waals surface area contributed by atoms with Gasteiger partial charge in [0.25, 0.3) is 0 Å². The molecule has 0 aliphatic carbocycles. The Labute approximate surface area is 352 Å². The van der Waals surface area contributed by atoms with Crippen LogP contribution < -0.4 is 0 Å². The molecular weight excluding hydrogens is 800 g/mol. The van der Waals surface area contributed by atoms with Crippen molar-refractivity contribution >= 4 is 94.2 Å². The number of thioether (sulfide) groups is 2. The van der Waals surface area contributed by atoms with E-state index < -0.39 is 26.8 Å². The number of rotatable bonds is 14. The molecule has 4 aromatic rings. The largest absolute Gasteiger partial charge is 0.481 e. The van der Waals surface area contributed by atoms with Gasteiger partial charge in [0.15, 0.2) is 0 Å². The normalized spacial score (nSPS) is 13.1. The number of carbonyl (C=O) groups is 2. The molecule has 286 valence electrons. The molecule has 3 atom stereocenters. The van der Waals surface area contributed by atoms with Crippen LogP contribution in [0, 0.1) is 28.1 Å². The van der Waals surface area contributed by atoms with Crippen LogP contribution in [0.3, 0.4) is 0 Å². The molecule has 6 nitrogen and oxygen atoms in total. The van der Waals surface area contributed by atoms with Crippen LogP contribution in [-0.2, 0) is 26.1 Å². The van der Waals surface area contributed by atoms with Crippen molar-refractivity contribution in [1.29, 1.82) is 10.5 Å². The molecule has 0 bridgehead atoms. The van der Waals surface area contributed by atoms with Gasteiger partial charge in [-0.1, -0.05) is 182 Å². The smallest absolute Gasteiger partial charge is 0.303 e. The van der Waals surface area contributed by atoms with Crippen LogP contribution in [0.1, 0.15) is 75.1 Å². The molecule has 4 rings (SSSR count). The molecule has 0 radical (unpaired) electrons. The average molecular weight is 845 g/mol. The van der Waals surface area contributed by atoms with Gasteiger partial charge in [0, 0.05) is 17.6 Å². The zero-order chi connectivity index (χ0) is 41.3. The number of hydrogen-bond donors (Lipinski definition) is 2. The van der Waals surface area contributed by atoms with E-state index in [0.29, 0.717) is 17.0 Å². The van der Waals surface area contributed by atoms with Gasteiger partial charge in [-0.2, -0.15) is 10.5 Å². The Morgan fingerprint density at radius 1 is 0.691 bits per heavy atom. The number of carboxylic acid groups (broad SMARTS) is 2. The van der Waals surface area contributed by atoms with Gasteiger partial charge in [0.2, 0.25) is 0 Å². The number of thiocarbonyl (C=S) groups is 2. The number of carboxylic acids is 2. The number of nitriles is 2. The number of hydrogen-bond acceptors (Lipinski definition) is 9. The molecule has 0 saturated carbocycles. The quantitative estimate of drug-likeness (QED) is 0.0931. The van der Waals surface area contributed by atoms with Gasteiger partial charge in [-0.25, -0.2) is 0 Å².